The molecule has 0 saturated carbocycles. The lowest BCUT2D eigenvalue weighted by Gasteiger charge is -2.26. The molecule has 1 aliphatic rings. The van der Waals surface area contributed by atoms with E-state index in [0.29, 0.717) is 25.1 Å². The summed E-state index contributed by atoms with van der Waals surface area (Å²) in [4.78, 5) is 12.8. The summed E-state index contributed by atoms with van der Waals surface area (Å²) in [5.74, 6) is -0.283. The Labute approximate surface area is 161 Å². The van der Waals surface area contributed by atoms with E-state index in [-0.39, 0.29) is 17.4 Å². The number of aryl methyl sites for hydroxylation is 1. The minimum absolute atomic E-state index is 0.225. The number of esters is 1. The largest absolute Gasteiger partial charge is 0.466 e. The molecule has 0 bridgehead atoms. The van der Waals surface area contributed by atoms with Crippen LogP contribution in [-0.2, 0) is 26.0 Å². The van der Waals surface area contributed by atoms with Crippen molar-refractivity contribution in [2.75, 3.05) is 17.5 Å². The number of para-hydroxylation sites is 1. The van der Waals surface area contributed by atoms with Crippen LogP contribution in [0.5, 0.6) is 0 Å². The standard InChI is InChI=1S/C21H25NO4S/c1-4-26-20(23)21(3)13-14-22(19-8-6-5-7-17(19)15-21)27(24,25)18-11-9-16(2)10-12-18/h5-12H,4,13-15H2,1-3H3. The van der Waals surface area contributed by atoms with Crippen molar-refractivity contribution >= 4 is 21.7 Å². The fourth-order valence-corrected chi connectivity index (χ4v) is 4.95. The first-order chi connectivity index (χ1) is 12.8. The highest BCUT2D eigenvalue weighted by molar-refractivity contribution is 7.92. The Morgan fingerprint density at radius 2 is 1.81 bits per heavy atom. The van der Waals surface area contributed by atoms with Crippen LogP contribution in [0.15, 0.2) is 53.4 Å². The fourth-order valence-electron chi connectivity index (χ4n) is 3.45. The Balaban J connectivity index is 2.05. The third-order valence-corrected chi connectivity index (χ3v) is 6.91. The Morgan fingerprint density at radius 1 is 1.15 bits per heavy atom. The van der Waals surface area contributed by atoms with Gasteiger partial charge in [0.15, 0.2) is 0 Å². The molecule has 6 heteroatoms. The number of hydrogen-bond donors (Lipinski definition) is 0. The molecule has 0 radical (unpaired) electrons. The highest BCUT2D eigenvalue weighted by Gasteiger charge is 2.41. The molecule has 0 aliphatic carbocycles. The Morgan fingerprint density at radius 3 is 2.48 bits per heavy atom. The van der Waals surface area contributed by atoms with E-state index in [1.54, 1.807) is 37.3 Å². The minimum atomic E-state index is -3.72. The summed E-state index contributed by atoms with van der Waals surface area (Å²) in [6.45, 7) is 6.08. The van der Waals surface area contributed by atoms with E-state index in [9.17, 15) is 13.2 Å². The van der Waals surface area contributed by atoms with Crippen molar-refractivity contribution in [2.24, 2.45) is 5.41 Å². The van der Waals surface area contributed by atoms with E-state index in [2.05, 4.69) is 0 Å². The van der Waals surface area contributed by atoms with Crippen molar-refractivity contribution in [3.8, 4) is 0 Å². The first kappa shape index (κ1) is 19.4. The lowest BCUT2D eigenvalue weighted by Crippen LogP contribution is -2.36. The number of rotatable bonds is 4. The smallest absolute Gasteiger partial charge is 0.312 e. The first-order valence-electron chi connectivity index (χ1n) is 9.12. The summed E-state index contributed by atoms with van der Waals surface area (Å²) < 4.78 is 33.4. The van der Waals surface area contributed by atoms with Gasteiger partial charge in [0.25, 0.3) is 10.0 Å². The normalized spacial score (nSPS) is 19.9. The van der Waals surface area contributed by atoms with Crippen LogP contribution in [-0.4, -0.2) is 27.5 Å². The van der Waals surface area contributed by atoms with Crippen molar-refractivity contribution in [1.29, 1.82) is 0 Å². The minimum Gasteiger partial charge on any atom is -0.466 e. The van der Waals surface area contributed by atoms with Gasteiger partial charge in [-0.2, -0.15) is 0 Å². The van der Waals surface area contributed by atoms with E-state index in [0.717, 1.165) is 11.1 Å². The number of fused-ring (bicyclic) bond motifs is 1. The first-order valence-corrected chi connectivity index (χ1v) is 10.6. The van der Waals surface area contributed by atoms with Crippen molar-refractivity contribution in [3.63, 3.8) is 0 Å². The lowest BCUT2D eigenvalue weighted by molar-refractivity contribution is -0.154. The zero-order valence-corrected chi connectivity index (χ0v) is 16.8. The number of nitrogens with zero attached hydrogens (tertiary/aromatic N) is 1. The predicted molar refractivity (Wildman–Crippen MR) is 105 cm³/mol. The number of carbonyl (C=O) groups is 1. The number of sulfonamides is 1. The average molecular weight is 388 g/mol. The lowest BCUT2D eigenvalue weighted by atomic mass is 9.81. The zero-order valence-electron chi connectivity index (χ0n) is 15.9. The van der Waals surface area contributed by atoms with E-state index in [4.69, 9.17) is 4.74 Å². The van der Waals surface area contributed by atoms with Gasteiger partial charge in [-0.15, -0.1) is 0 Å². The number of anilines is 1. The van der Waals surface area contributed by atoms with Gasteiger partial charge in [-0.05, 0) is 57.4 Å². The number of ether oxygens (including phenoxy) is 1. The molecule has 2 aromatic rings. The van der Waals surface area contributed by atoms with Crippen molar-refractivity contribution in [3.05, 3.63) is 59.7 Å². The Bertz CT molecular complexity index is 937. The fraction of sp³-hybridized carbons (Fsp3) is 0.381. The summed E-state index contributed by atoms with van der Waals surface area (Å²) in [5.41, 5.74) is 1.70. The highest BCUT2D eigenvalue weighted by atomic mass is 32.2. The molecule has 144 valence electrons. The summed E-state index contributed by atoms with van der Waals surface area (Å²) in [7, 11) is -3.72. The summed E-state index contributed by atoms with van der Waals surface area (Å²) in [6, 6.07) is 14.2. The second kappa shape index (κ2) is 7.35. The molecule has 0 saturated heterocycles. The maximum atomic E-state index is 13.3. The highest BCUT2D eigenvalue weighted by Crippen LogP contribution is 2.39. The zero-order chi connectivity index (χ0) is 19.7. The van der Waals surface area contributed by atoms with Gasteiger partial charge < -0.3 is 4.74 Å². The predicted octanol–water partition coefficient (Wildman–Crippen LogP) is 3.71. The molecule has 1 atom stereocenters. The van der Waals surface area contributed by atoms with Crippen molar-refractivity contribution in [1.82, 2.24) is 0 Å². The van der Waals surface area contributed by atoms with Gasteiger partial charge in [-0.1, -0.05) is 35.9 Å². The van der Waals surface area contributed by atoms with Crippen LogP contribution in [0, 0.1) is 12.3 Å². The molecule has 0 spiro atoms. The van der Waals surface area contributed by atoms with Crippen LogP contribution in [0.25, 0.3) is 0 Å². The Hall–Kier alpha value is -2.34. The van der Waals surface area contributed by atoms with Gasteiger partial charge in [0.1, 0.15) is 0 Å². The molecule has 27 heavy (non-hydrogen) atoms. The third-order valence-electron chi connectivity index (χ3n) is 5.08. The van der Waals surface area contributed by atoms with Crippen LogP contribution in [0.1, 0.15) is 31.4 Å². The van der Waals surface area contributed by atoms with Gasteiger partial charge >= 0.3 is 5.97 Å². The topological polar surface area (TPSA) is 63.7 Å². The number of carbonyl (C=O) groups excluding carboxylic acids is 1. The van der Waals surface area contributed by atoms with E-state index >= 15 is 0 Å². The van der Waals surface area contributed by atoms with Gasteiger partial charge in [0, 0.05) is 6.54 Å². The molecule has 0 fully saturated rings. The second-order valence-electron chi connectivity index (χ2n) is 7.23. The number of benzene rings is 2. The van der Waals surface area contributed by atoms with Crippen LogP contribution in [0.2, 0.25) is 0 Å². The van der Waals surface area contributed by atoms with Crippen LogP contribution in [0.3, 0.4) is 0 Å². The van der Waals surface area contributed by atoms with Gasteiger partial charge in [-0.25, -0.2) is 8.42 Å². The van der Waals surface area contributed by atoms with Crippen LogP contribution < -0.4 is 4.31 Å². The van der Waals surface area contributed by atoms with Gasteiger partial charge in [0.05, 0.1) is 22.6 Å². The summed E-state index contributed by atoms with van der Waals surface area (Å²) >= 11 is 0. The van der Waals surface area contributed by atoms with Gasteiger partial charge in [0.2, 0.25) is 0 Å². The molecule has 0 amide bonds. The van der Waals surface area contributed by atoms with Crippen LogP contribution >= 0.6 is 0 Å². The molecule has 1 aliphatic heterocycles. The molecule has 0 N–H and O–H groups in total. The van der Waals surface area contributed by atoms with E-state index < -0.39 is 15.4 Å². The molecule has 3 rings (SSSR count). The molecular weight excluding hydrogens is 362 g/mol. The number of hydrogen-bond acceptors (Lipinski definition) is 4. The summed E-state index contributed by atoms with van der Waals surface area (Å²) in [5, 5.41) is 0. The molecule has 2 aromatic carbocycles. The summed E-state index contributed by atoms with van der Waals surface area (Å²) in [6.07, 6.45) is 0.841. The quantitative estimate of drug-likeness (QED) is 0.751. The average Bonchev–Trinajstić information content (AvgIpc) is 2.79. The van der Waals surface area contributed by atoms with Crippen molar-refractivity contribution < 1.29 is 17.9 Å². The van der Waals surface area contributed by atoms with Gasteiger partial charge in [-0.3, -0.25) is 9.10 Å². The SMILES string of the molecule is CCOC(=O)C1(C)CCN(S(=O)(=O)c2ccc(C)cc2)c2ccccc2C1. The molecular formula is C21H25NO4S. The molecule has 5 nitrogen and oxygen atoms in total. The third kappa shape index (κ3) is 3.72. The molecule has 1 unspecified atom stereocenters. The van der Waals surface area contributed by atoms with Crippen LogP contribution in [0.4, 0.5) is 5.69 Å². The monoisotopic (exact) mass is 387 g/mol. The van der Waals surface area contributed by atoms with E-state index in [1.165, 1.54) is 4.31 Å². The maximum absolute atomic E-state index is 13.3. The Kier molecular flexibility index (Phi) is 5.29. The van der Waals surface area contributed by atoms with E-state index in [1.807, 2.05) is 32.0 Å². The molecule has 0 aromatic heterocycles. The van der Waals surface area contributed by atoms with Crippen molar-refractivity contribution in [2.45, 2.75) is 38.5 Å². The molecule has 1 heterocycles. The second-order valence-corrected chi connectivity index (χ2v) is 9.09. The maximum Gasteiger partial charge on any atom is 0.312 e.